The normalized spacial score (nSPS) is 18.3. The van der Waals surface area contributed by atoms with Crippen LogP contribution < -0.4 is 4.72 Å². The Balaban J connectivity index is 4.37. The summed E-state index contributed by atoms with van der Waals surface area (Å²) >= 11 is 0. The van der Waals surface area contributed by atoms with Crippen LogP contribution in [0.5, 0.6) is 0 Å². The van der Waals surface area contributed by atoms with Gasteiger partial charge in [0.15, 0.2) is 5.44 Å². The molecule has 0 spiro atoms. The van der Waals surface area contributed by atoms with E-state index in [0.717, 1.165) is 6.92 Å². The van der Waals surface area contributed by atoms with Crippen LogP contribution in [0.15, 0.2) is 0 Å². The lowest BCUT2D eigenvalue weighted by Crippen LogP contribution is -2.37. The fraction of sp³-hybridized carbons (Fsp3) is 1.00. The molecule has 0 saturated carbocycles. The number of phosphoric acid groups is 1. The van der Waals surface area contributed by atoms with Crippen LogP contribution in [0.4, 0.5) is 0 Å². The van der Waals surface area contributed by atoms with E-state index in [-0.39, 0.29) is 6.61 Å². The minimum atomic E-state index is -4.37. The summed E-state index contributed by atoms with van der Waals surface area (Å²) in [6, 6.07) is 0. The lowest BCUT2D eigenvalue weighted by Gasteiger charge is -2.24. The van der Waals surface area contributed by atoms with E-state index < -0.39 is 23.3 Å². The summed E-state index contributed by atoms with van der Waals surface area (Å²) in [6.07, 6.45) is 0. The molecule has 8 nitrogen and oxygen atoms in total. The number of rotatable bonds is 8. The van der Waals surface area contributed by atoms with Crippen molar-refractivity contribution >= 4 is 17.8 Å². The van der Waals surface area contributed by atoms with Crippen molar-refractivity contribution in [2.45, 2.75) is 12.4 Å². The molecular formula is C8H22N2O6PS+. The summed E-state index contributed by atoms with van der Waals surface area (Å²) in [7, 11) is -1.29. The molecule has 10 heteroatoms. The Labute approximate surface area is 108 Å². The SMILES string of the molecule is CNS(=O)(=O)C(C)OP(=O)(O)OCC[N+](C)(C)C. The van der Waals surface area contributed by atoms with Crippen LogP contribution in [0.1, 0.15) is 6.92 Å². The number of sulfonamides is 1. The zero-order valence-electron chi connectivity index (χ0n) is 11.3. The Morgan fingerprint density at radius 1 is 1.39 bits per heavy atom. The molecule has 2 N–H and O–H groups in total. The largest absolute Gasteiger partial charge is 0.473 e. The molecule has 0 heterocycles. The molecule has 2 unspecified atom stereocenters. The average molecular weight is 305 g/mol. The predicted molar refractivity (Wildman–Crippen MR) is 67.2 cm³/mol. The van der Waals surface area contributed by atoms with Gasteiger partial charge in [0.25, 0.3) is 0 Å². The fourth-order valence-electron chi connectivity index (χ4n) is 0.871. The second-order valence-electron chi connectivity index (χ2n) is 4.74. The first-order valence-electron chi connectivity index (χ1n) is 5.28. The van der Waals surface area contributed by atoms with E-state index in [1.807, 2.05) is 25.9 Å². The quantitative estimate of drug-likeness (QED) is 0.472. The third kappa shape index (κ3) is 7.42. The van der Waals surface area contributed by atoms with E-state index in [9.17, 15) is 17.9 Å². The summed E-state index contributed by atoms with van der Waals surface area (Å²) in [5, 5.41) is 0. The smallest absolute Gasteiger partial charge is 0.329 e. The lowest BCUT2D eigenvalue weighted by molar-refractivity contribution is -0.870. The number of nitrogens with zero attached hydrogens (tertiary/aromatic N) is 1. The van der Waals surface area contributed by atoms with Gasteiger partial charge in [-0.2, -0.15) is 0 Å². The van der Waals surface area contributed by atoms with Gasteiger partial charge in [-0.1, -0.05) is 0 Å². The summed E-state index contributed by atoms with van der Waals surface area (Å²) in [5.41, 5.74) is -1.47. The number of phosphoric ester groups is 1. The molecule has 110 valence electrons. The van der Waals surface area contributed by atoms with Gasteiger partial charge in [-0.25, -0.2) is 17.7 Å². The maximum atomic E-state index is 11.5. The molecule has 0 aliphatic heterocycles. The van der Waals surface area contributed by atoms with Crippen LogP contribution in [-0.4, -0.2) is 64.6 Å². The summed E-state index contributed by atoms with van der Waals surface area (Å²) in [6.45, 7) is 1.63. The van der Waals surface area contributed by atoms with Crippen molar-refractivity contribution < 1.29 is 31.4 Å². The van der Waals surface area contributed by atoms with E-state index in [0.29, 0.717) is 11.0 Å². The van der Waals surface area contributed by atoms with Gasteiger partial charge in [0.2, 0.25) is 10.0 Å². The second kappa shape index (κ2) is 6.42. The molecule has 0 bridgehead atoms. The zero-order valence-corrected chi connectivity index (χ0v) is 13.0. The molecule has 0 aliphatic carbocycles. The predicted octanol–water partition coefficient (Wildman–Crippen LogP) is -0.279. The highest BCUT2D eigenvalue weighted by atomic mass is 32.2. The number of nitrogens with one attached hydrogen (secondary N) is 1. The van der Waals surface area contributed by atoms with Crippen LogP contribution in [0, 0.1) is 0 Å². The van der Waals surface area contributed by atoms with Crippen LogP contribution in [-0.2, 0) is 23.6 Å². The average Bonchev–Trinajstić information content (AvgIpc) is 2.14. The van der Waals surface area contributed by atoms with Crippen molar-refractivity contribution in [3.63, 3.8) is 0 Å². The van der Waals surface area contributed by atoms with Crippen LogP contribution in [0.2, 0.25) is 0 Å². The third-order valence-corrected chi connectivity index (χ3v) is 4.79. The Bertz CT molecular complexity index is 404. The highest BCUT2D eigenvalue weighted by molar-refractivity contribution is 7.90. The van der Waals surface area contributed by atoms with Gasteiger partial charge >= 0.3 is 7.82 Å². The van der Waals surface area contributed by atoms with Crippen LogP contribution in [0.3, 0.4) is 0 Å². The van der Waals surface area contributed by atoms with E-state index in [2.05, 4.69) is 4.52 Å². The standard InChI is InChI=1S/C8H21N2O6PS/c1-8(18(13,14)9-2)16-17(11,12)15-7-6-10(3,4)5/h8-9H,6-7H2,1-5H3/p+1. The highest BCUT2D eigenvalue weighted by Gasteiger charge is 2.31. The van der Waals surface area contributed by atoms with Crippen molar-refractivity contribution in [2.75, 3.05) is 41.3 Å². The zero-order chi connectivity index (χ0) is 14.6. The van der Waals surface area contributed by atoms with E-state index in [1.54, 1.807) is 0 Å². The van der Waals surface area contributed by atoms with E-state index in [4.69, 9.17) is 4.52 Å². The van der Waals surface area contributed by atoms with Gasteiger partial charge in [0.05, 0.1) is 21.1 Å². The summed E-state index contributed by atoms with van der Waals surface area (Å²) in [4.78, 5) is 9.35. The molecule has 0 aromatic heterocycles. The molecule has 18 heavy (non-hydrogen) atoms. The van der Waals surface area contributed by atoms with Crippen molar-refractivity contribution in [1.29, 1.82) is 0 Å². The molecule has 0 fully saturated rings. The first kappa shape index (κ1) is 18.0. The Morgan fingerprint density at radius 2 is 1.89 bits per heavy atom. The minimum absolute atomic E-state index is 0.0103. The van der Waals surface area contributed by atoms with E-state index >= 15 is 0 Å². The first-order valence-corrected chi connectivity index (χ1v) is 8.32. The molecular weight excluding hydrogens is 283 g/mol. The summed E-state index contributed by atoms with van der Waals surface area (Å²) < 4.78 is 45.8. The molecule has 0 saturated heterocycles. The Kier molecular flexibility index (Phi) is 6.42. The maximum absolute atomic E-state index is 11.5. The van der Waals surface area contributed by atoms with Crippen molar-refractivity contribution in [3.05, 3.63) is 0 Å². The highest BCUT2D eigenvalue weighted by Crippen LogP contribution is 2.45. The number of quaternary nitrogens is 1. The fourth-order valence-corrected chi connectivity index (χ4v) is 2.73. The number of hydrogen-bond donors (Lipinski definition) is 2. The topological polar surface area (TPSA) is 102 Å². The molecule has 0 aromatic rings. The van der Waals surface area contributed by atoms with Crippen molar-refractivity contribution in [2.24, 2.45) is 0 Å². The molecule has 0 aromatic carbocycles. The van der Waals surface area contributed by atoms with Crippen LogP contribution >= 0.6 is 7.82 Å². The van der Waals surface area contributed by atoms with Crippen molar-refractivity contribution in [1.82, 2.24) is 4.72 Å². The minimum Gasteiger partial charge on any atom is -0.329 e. The number of likely N-dealkylation sites (N-methyl/N-ethyl adjacent to an activating group) is 1. The molecule has 2 atom stereocenters. The van der Waals surface area contributed by atoms with Gasteiger partial charge in [-0.15, -0.1) is 0 Å². The molecule has 0 amide bonds. The van der Waals surface area contributed by atoms with Gasteiger partial charge in [-0.3, -0.25) is 9.05 Å². The summed E-state index contributed by atoms with van der Waals surface area (Å²) in [5.74, 6) is 0. The molecule has 0 rings (SSSR count). The van der Waals surface area contributed by atoms with Gasteiger partial charge in [0.1, 0.15) is 13.2 Å². The third-order valence-electron chi connectivity index (χ3n) is 2.02. The van der Waals surface area contributed by atoms with Gasteiger partial charge < -0.3 is 9.38 Å². The van der Waals surface area contributed by atoms with E-state index in [1.165, 1.54) is 7.05 Å². The number of hydrogen-bond acceptors (Lipinski definition) is 5. The monoisotopic (exact) mass is 305 g/mol. The maximum Gasteiger partial charge on any atom is 0.473 e. The Morgan fingerprint density at radius 3 is 2.28 bits per heavy atom. The lowest BCUT2D eigenvalue weighted by atomic mass is 10.5. The van der Waals surface area contributed by atoms with Gasteiger partial charge in [0, 0.05) is 0 Å². The van der Waals surface area contributed by atoms with Crippen molar-refractivity contribution in [3.8, 4) is 0 Å². The first-order chi connectivity index (χ1) is 7.90. The Hall–Kier alpha value is -0.0200. The molecule has 0 radical (unpaired) electrons. The molecule has 0 aliphatic rings. The second-order valence-corrected chi connectivity index (χ2v) is 8.31. The van der Waals surface area contributed by atoms with Gasteiger partial charge in [-0.05, 0) is 14.0 Å². The van der Waals surface area contributed by atoms with Crippen LogP contribution in [0.25, 0.3) is 0 Å².